The van der Waals surface area contributed by atoms with E-state index in [1.807, 2.05) is 48.5 Å². The number of urea groups is 1. The smallest absolute Gasteiger partial charge is 0.330 e. The lowest BCUT2D eigenvalue weighted by Crippen LogP contribution is -2.46. The third-order valence-corrected chi connectivity index (χ3v) is 6.07. The molecule has 174 valence electrons. The summed E-state index contributed by atoms with van der Waals surface area (Å²) < 4.78 is 0. The van der Waals surface area contributed by atoms with Crippen LogP contribution >= 0.6 is 11.6 Å². The minimum Gasteiger partial charge on any atom is -0.368 e. The van der Waals surface area contributed by atoms with Crippen LogP contribution in [0.1, 0.15) is 15.9 Å². The normalized spacial score (nSPS) is 12.9. The number of nitrogens with one attached hydrogen (secondary N) is 1. The number of nitrogens with zero attached hydrogens (tertiary/aromatic N) is 4. The van der Waals surface area contributed by atoms with Crippen molar-refractivity contribution in [3.63, 3.8) is 0 Å². The molecule has 0 aliphatic carbocycles. The van der Waals surface area contributed by atoms with Gasteiger partial charge in [-0.25, -0.2) is 9.78 Å². The Morgan fingerprint density at radius 3 is 2.60 bits per heavy atom. The van der Waals surface area contributed by atoms with Crippen molar-refractivity contribution in [2.75, 3.05) is 27.9 Å². The van der Waals surface area contributed by atoms with Gasteiger partial charge in [0, 0.05) is 30.1 Å². The van der Waals surface area contributed by atoms with Crippen LogP contribution in [-0.4, -0.2) is 29.0 Å². The molecule has 1 aliphatic rings. The monoisotopic (exact) mass is 484 g/mol. The first-order valence-electron chi connectivity index (χ1n) is 10.8. The van der Waals surface area contributed by atoms with Gasteiger partial charge in [0.05, 0.1) is 17.3 Å². The first kappa shape index (κ1) is 22.4. The van der Waals surface area contributed by atoms with Crippen LogP contribution in [-0.2, 0) is 6.54 Å². The molecular weight excluding hydrogens is 464 g/mol. The number of nitrogens with two attached hydrogens (primary N) is 1. The maximum Gasteiger partial charge on any atom is 0.330 e. The zero-order valence-electron chi connectivity index (χ0n) is 18.8. The minimum absolute atomic E-state index is 0.0934. The maximum absolute atomic E-state index is 13.1. The molecule has 2 heterocycles. The summed E-state index contributed by atoms with van der Waals surface area (Å²) >= 11 is 6.46. The number of carbonyl (C=O) groups is 2. The van der Waals surface area contributed by atoms with Crippen LogP contribution in [0.3, 0.4) is 0 Å². The van der Waals surface area contributed by atoms with E-state index in [-0.39, 0.29) is 24.4 Å². The lowest BCUT2D eigenvalue weighted by atomic mass is 10.0. The Labute approximate surface area is 207 Å². The fourth-order valence-corrected chi connectivity index (χ4v) is 4.20. The number of carbonyl (C=O) groups excluding carboxylic acids is 2. The second-order valence-electron chi connectivity index (χ2n) is 8.07. The third kappa shape index (κ3) is 4.39. The van der Waals surface area contributed by atoms with Gasteiger partial charge < -0.3 is 11.1 Å². The molecule has 3 amide bonds. The summed E-state index contributed by atoms with van der Waals surface area (Å²) in [6, 6.07) is 21.9. The maximum atomic E-state index is 13.1. The number of nitrogen functional groups attached to an aromatic ring is 1. The summed E-state index contributed by atoms with van der Waals surface area (Å²) in [6.45, 7) is 0.217. The van der Waals surface area contributed by atoms with Crippen LogP contribution in [0.5, 0.6) is 0 Å². The Balaban J connectivity index is 1.41. The van der Waals surface area contributed by atoms with Gasteiger partial charge >= 0.3 is 6.03 Å². The topological polar surface area (TPSA) is 104 Å². The third-order valence-electron chi connectivity index (χ3n) is 5.75. The molecule has 1 aromatic heterocycles. The quantitative estimate of drug-likeness (QED) is 0.414. The minimum atomic E-state index is -0.323. The van der Waals surface area contributed by atoms with E-state index in [0.717, 1.165) is 16.7 Å². The van der Waals surface area contributed by atoms with Crippen LogP contribution in [0.4, 0.5) is 27.9 Å². The molecular formula is C26H21ClN6O2. The molecule has 0 atom stereocenters. The second kappa shape index (κ2) is 9.08. The number of rotatable bonds is 4. The molecule has 0 radical (unpaired) electrons. The van der Waals surface area contributed by atoms with Crippen molar-refractivity contribution in [2.24, 2.45) is 0 Å². The zero-order chi connectivity index (χ0) is 24.5. The standard InChI is InChI=1S/C26H21ClN6O2/c1-32-23-19(14-29-25(28)31-23)15-33(26(32)35)22-13-20(10-11-21(22)27)30-24(34)18-9-5-8-17(12-18)16-6-3-2-4-7-16/h2-14H,15H2,1H3,(H,30,34)(H2,28,29,31). The molecule has 9 heteroatoms. The van der Waals surface area contributed by atoms with Crippen molar-refractivity contribution in [1.29, 1.82) is 0 Å². The van der Waals surface area contributed by atoms with Gasteiger partial charge in [-0.1, -0.05) is 54.1 Å². The number of fused-ring (bicyclic) bond motifs is 1. The van der Waals surface area contributed by atoms with E-state index in [0.29, 0.717) is 27.8 Å². The van der Waals surface area contributed by atoms with Gasteiger partial charge in [-0.15, -0.1) is 0 Å². The van der Waals surface area contributed by atoms with Gasteiger partial charge in [-0.3, -0.25) is 14.6 Å². The molecule has 0 saturated carbocycles. The Morgan fingerprint density at radius 1 is 1.03 bits per heavy atom. The predicted octanol–water partition coefficient (Wildman–Crippen LogP) is 5.21. The molecule has 35 heavy (non-hydrogen) atoms. The summed E-state index contributed by atoms with van der Waals surface area (Å²) in [5.41, 5.74) is 9.86. The molecule has 3 N–H and O–H groups in total. The number of benzene rings is 3. The van der Waals surface area contributed by atoms with Crippen LogP contribution in [0.2, 0.25) is 5.02 Å². The molecule has 4 aromatic rings. The molecule has 0 bridgehead atoms. The van der Waals surface area contributed by atoms with Crippen molar-refractivity contribution in [2.45, 2.75) is 6.54 Å². The Hall–Kier alpha value is -4.43. The first-order valence-corrected chi connectivity index (χ1v) is 11.2. The van der Waals surface area contributed by atoms with Gasteiger partial charge in [-0.2, -0.15) is 4.98 Å². The molecule has 3 aromatic carbocycles. The highest BCUT2D eigenvalue weighted by molar-refractivity contribution is 6.34. The largest absolute Gasteiger partial charge is 0.368 e. The van der Waals surface area contributed by atoms with Gasteiger partial charge in [0.15, 0.2) is 0 Å². The van der Waals surface area contributed by atoms with Crippen molar-refractivity contribution < 1.29 is 9.59 Å². The zero-order valence-corrected chi connectivity index (χ0v) is 19.5. The van der Waals surface area contributed by atoms with E-state index in [4.69, 9.17) is 17.3 Å². The fourth-order valence-electron chi connectivity index (χ4n) is 3.98. The van der Waals surface area contributed by atoms with E-state index in [9.17, 15) is 9.59 Å². The van der Waals surface area contributed by atoms with E-state index >= 15 is 0 Å². The lowest BCUT2D eigenvalue weighted by molar-refractivity contribution is 0.102. The number of aromatic nitrogens is 2. The number of hydrogen-bond acceptors (Lipinski definition) is 5. The molecule has 5 rings (SSSR count). The second-order valence-corrected chi connectivity index (χ2v) is 8.48. The van der Waals surface area contributed by atoms with Crippen molar-refractivity contribution in [3.8, 4) is 11.1 Å². The average Bonchev–Trinajstić information content (AvgIpc) is 2.88. The highest BCUT2D eigenvalue weighted by Gasteiger charge is 2.31. The molecule has 8 nitrogen and oxygen atoms in total. The van der Waals surface area contributed by atoms with Crippen LogP contribution < -0.4 is 20.9 Å². The summed E-state index contributed by atoms with van der Waals surface area (Å²) in [6.07, 6.45) is 1.59. The Kier molecular flexibility index (Phi) is 5.80. The molecule has 0 fully saturated rings. The Bertz CT molecular complexity index is 1440. The van der Waals surface area contributed by atoms with Gasteiger partial charge in [0.25, 0.3) is 5.91 Å². The van der Waals surface area contributed by atoms with Crippen LogP contribution in [0, 0.1) is 0 Å². The number of anilines is 4. The van der Waals surface area contributed by atoms with Crippen molar-refractivity contribution in [1.82, 2.24) is 9.97 Å². The highest BCUT2D eigenvalue weighted by Crippen LogP contribution is 2.35. The van der Waals surface area contributed by atoms with Crippen molar-refractivity contribution >= 4 is 46.7 Å². The van der Waals surface area contributed by atoms with Gasteiger partial charge in [-0.05, 0) is 41.5 Å². The number of halogens is 1. The summed E-state index contributed by atoms with van der Waals surface area (Å²) in [5, 5.41) is 3.28. The van der Waals surface area contributed by atoms with E-state index in [1.54, 1.807) is 37.5 Å². The molecule has 0 saturated heterocycles. The summed E-state index contributed by atoms with van der Waals surface area (Å²) in [5.74, 6) is 0.279. The number of amides is 3. The predicted molar refractivity (Wildman–Crippen MR) is 138 cm³/mol. The van der Waals surface area contributed by atoms with Gasteiger partial charge in [0.2, 0.25) is 5.95 Å². The molecule has 1 aliphatic heterocycles. The molecule has 0 unspecified atom stereocenters. The van der Waals surface area contributed by atoms with Crippen molar-refractivity contribution in [3.05, 3.63) is 95.1 Å². The lowest BCUT2D eigenvalue weighted by Gasteiger charge is -2.34. The fraction of sp³-hybridized carbons (Fsp3) is 0.0769. The van der Waals surface area contributed by atoms with Crippen LogP contribution in [0.25, 0.3) is 11.1 Å². The van der Waals surface area contributed by atoms with Gasteiger partial charge in [0.1, 0.15) is 5.82 Å². The van der Waals surface area contributed by atoms with E-state index in [1.165, 1.54) is 9.80 Å². The Morgan fingerprint density at radius 2 is 1.80 bits per heavy atom. The van der Waals surface area contributed by atoms with E-state index in [2.05, 4.69) is 15.3 Å². The SMILES string of the molecule is CN1C(=O)N(c2cc(NC(=O)c3cccc(-c4ccccc4)c3)ccc2Cl)Cc2cnc(N)nc21. The number of hydrogen-bond donors (Lipinski definition) is 2. The molecule has 0 spiro atoms. The summed E-state index contributed by atoms with van der Waals surface area (Å²) in [7, 11) is 1.61. The average molecular weight is 485 g/mol. The first-order chi connectivity index (χ1) is 16.9. The van der Waals surface area contributed by atoms with E-state index < -0.39 is 0 Å². The highest BCUT2D eigenvalue weighted by atomic mass is 35.5. The summed E-state index contributed by atoms with van der Waals surface area (Å²) in [4.78, 5) is 37.2. The van der Waals surface area contributed by atoms with Crippen LogP contribution in [0.15, 0.2) is 79.0 Å².